The Hall–Kier alpha value is -3.02. The zero-order chi connectivity index (χ0) is 16.7. The van der Waals surface area contributed by atoms with Gasteiger partial charge in [-0.15, -0.1) is 0 Å². The van der Waals surface area contributed by atoms with Crippen molar-refractivity contribution in [1.29, 1.82) is 0 Å². The van der Waals surface area contributed by atoms with Gasteiger partial charge in [0.05, 0.1) is 11.6 Å². The maximum atomic E-state index is 4.69. The highest BCUT2D eigenvalue weighted by molar-refractivity contribution is 5.91. The minimum atomic E-state index is 0.626. The van der Waals surface area contributed by atoms with Gasteiger partial charge in [-0.1, -0.05) is 40.6 Å². The van der Waals surface area contributed by atoms with Gasteiger partial charge < -0.3 is 0 Å². The van der Waals surface area contributed by atoms with Gasteiger partial charge in [0.25, 0.3) is 0 Å². The molecule has 24 heavy (non-hydrogen) atoms. The van der Waals surface area contributed by atoms with Crippen LogP contribution in [0.4, 0.5) is 5.95 Å². The number of rotatable bonds is 1. The minimum absolute atomic E-state index is 0.626. The maximum Gasteiger partial charge on any atom is 0.409 e. The quantitative estimate of drug-likeness (QED) is 0.701. The van der Waals surface area contributed by atoms with Crippen LogP contribution in [0.25, 0.3) is 11.4 Å². The highest BCUT2D eigenvalue weighted by Gasteiger charge is 2.26. The molecule has 6 nitrogen and oxygen atoms in total. The number of hydrogen-bond donors (Lipinski definition) is 1. The molecule has 0 unspecified atom stereocenters. The lowest BCUT2D eigenvalue weighted by molar-refractivity contribution is -0.648. The monoisotopic (exact) mass is 319 g/mol. The highest BCUT2D eigenvalue weighted by Crippen LogP contribution is 2.21. The van der Waals surface area contributed by atoms with Crippen molar-refractivity contribution in [3.05, 3.63) is 59.2 Å². The van der Waals surface area contributed by atoms with Gasteiger partial charge in [-0.25, -0.2) is 5.32 Å². The van der Waals surface area contributed by atoms with Gasteiger partial charge in [0.1, 0.15) is 17.2 Å². The van der Waals surface area contributed by atoms with E-state index in [4.69, 9.17) is 5.21 Å². The average Bonchev–Trinajstić information content (AvgIpc) is 2.95. The van der Waals surface area contributed by atoms with Crippen LogP contribution >= 0.6 is 0 Å². The van der Waals surface area contributed by atoms with Gasteiger partial charge in [-0.05, 0) is 36.3 Å². The molecule has 0 spiro atoms. The summed E-state index contributed by atoms with van der Waals surface area (Å²) in [6.45, 7) is 6.77. The topological polar surface area (TPSA) is 59.0 Å². The maximum absolute atomic E-state index is 4.69. The first-order valence-corrected chi connectivity index (χ1v) is 7.95. The Morgan fingerprint density at radius 3 is 2.67 bits per heavy atom. The van der Waals surface area contributed by atoms with Gasteiger partial charge in [-0.3, -0.25) is 4.99 Å². The van der Waals surface area contributed by atoms with Crippen LogP contribution in [0.1, 0.15) is 23.6 Å². The number of nitrogens with zero attached hydrogens (tertiary/aromatic N) is 5. The number of fused-ring (bicyclic) bond motifs is 3. The minimum Gasteiger partial charge on any atom is -0.257 e. The molecular formula is C18H19N6+. The zero-order valence-corrected chi connectivity index (χ0v) is 14.0. The first-order valence-electron chi connectivity index (χ1n) is 7.95. The van der Waals surface area contributed by atoms with Crippen molar-refractivity contribution in [2.45, 2.75) is 27.3 Å². The van der Waals surface area contributed by atoms with Crippen LogP contribution in [0, 0.1) is 13.8 Å². The van der Waals surface area contributed by atoms with Gasteiger partial charge >= 0.3 is 5.95 Å². The Balaban J connectivity index is 1.96. The van der Waals surface area contributed by atoms with E-state index in [0.29, 0.717) is 12.5 Å². The number of hydrogen-bond acceptors (Lipinski definition) is 4. The summed E-state index contributed by atoms with van der Waals surface area (Å²) in [5.74, 6) is 1.49. The van der Waals surface area contributed by atoms with E-state index in [1.165, 1.54) is 5.56 Å². The summed E-state index contributed by atoms with van der Waals surface area (Å²) in [5, 5.41) is 12.6. The van der Waals surface area contributed by atoms with Crippen LogP contribution in [0.15, 0.2) is 47.5 Å². The Labute approximate surface area is 140 Å². The number of para-hydroxylation sites is 1. The summed E-state index contributed by atoms with van der Waals surface area (Å²) >= 11 is 0. The molecule has 1 aliphatic rings. The molecule has 1 aromatic heterocycles. The number of aryl methyl sites for hydroxylation is 2. The van der Waals surface area contributed by atoms with Crippen molar-refractivity contribution in [2.24, 2.45) is 4.99 Å². The molecular weight excluding hydrogens is 300 g/mol. The molecule has 6 heteroatoms. The molecule has 0 saturated carbocycles. The predicted molar refractivity (Wildman–Crippen MR) is 92.8 cm³/mol. The fourth-order valence-electron chi connectivity index (χ4n) is 3.06. The number of anilines is 1. The Morgan fingerprint density at radius 1 is 1.08 bits per heavy atom. The van der Waals surface area contributed by atoms with Crippen LogP contribution in [0.3, 0.4) is 0 Å². The summed E-state index contributed by atoms with van der Waals surface area (Å²) < 4.78 is 1.87. The molecule has 2 heterocycles. The smallest absolute Gasteiger partial charge is 0.257 e. The summed E-state index contributed by atoms with van der Waals surface area (Å²) in [4.78, 5) is 6.25. The Bertz CT molecular complexity index is 940. The zero-order valence-electron chi connectivity index (χ0n) is 14.0. The van der Waals surface area contributed by atoms with E-state index in [1.54, 1.807) is 4.80 Å². The molecule has 0 fully saturated rings. The second-order valence-corrected chi connectivity index (χ2v) is 6.07. The van der Waals surface area contributed by atoms with E-state index < -0.39 is 0 Å². The van der Waals surface area contributed by atoms with E-state index in [9.17, 15) is 0 Å². The summed E-state index contributed by atoms with van der Waals surface area (Å²) in [5.41, 5.74) is 5.50. The first-order chi connectivity index (χ1) is 11.6. The van der Waals surface area contributed by atoms with Crippen LogP contribution in [-0.2, 0) is 6.54 Å². The van der Waals surface area contributed by atoms with Gasteiger partial charge in [0.15, 0.2) is 0 Å². The van der Waals surface area contributed by atoms with Crippen molar-refractivity contribution < 1.29 is 4.68 Å². The van der Waals surface area contributed by atoms with E-state index in [-0.39, 0.29) is 0 Å². The molecule has 1 aliphatic heterocycles. The first kappa shape index (κ1) is 14.6. The van der Waals surface area contributed by atoms with Crippen molar-refractivity contribution >= 4 is 11.8 Å². The molecule has 0 aliphatic carbocycles. The molecule has 0 radical (unpaired) electrons. The molecule has 3 aromatic rings. The Morgan fingerprint density at radius 2 is 1.88 bits per heavy atom. The largest absolute Gasteiger partial charge is 0.409 e. The molecule has 0 saturated heterocycles. The molecule has 4 rings (SSSR count). The van der Waals surface area contributed by atoms with Crippen molar-refractivity contribution in [1.82, 2.24) is 15.1 Å². The average molecular weight is 319 g/mol. The standard InChI is InChI=1S/C18H19N6/c1-12-9-13(2)17-15(10-12)11-19-14(3)20-18-21-24(22-23(17)18)16-7-5-4-6-8-16/h4-10H,11H2,1-3H3,(H,19,20,21,22)/q+1. The lowest BCUT2D eigenvalue weighted by atomic mass is 10.0. The van der Waals surface area contributed by atoms with Crippen LogP contribution in [0.2, 0.25) is 0 Å². The second-order valence-electron chi connectivity index (χ2n) is 6.07. The number of aromatic nitrogens is 4. The van der Waals surface area contributed by atoms with E-state index in [2.05, 4.69) is 41.4 Å². The lowest BCUT2D eigenvalue weighted by Crippen LogP contribution is -2.40. The SMILES string of the molecule is CC1=NCc2cc(C)cc(C)c2-[n+]2nn(-c3ccccc3)nc2N1. The van der Waals surface area contributed by atoms with Gasteiger partial charge in [-0.2, -0.15) is 0 Å². The van der Waals surface area contributed by atoms with Crippen molar-refractivity contribution in [3.63, 3.8) is 0 Å². The molecule has 1 N–H and O–H groups in total. The summed E-state index contributed by atoms with van der Waals surface area (Å²) in [7, 11) is 0. The molecule has 2 aromatic carbocycles. The lowest BCUT2D eigenvalue weighted by Gasteiger charge is -2.13. The predicted octanol–water partition coefficient (Wildman–Crippen LogP) is 2.50. The third kappa shape index (κ3) is 2.46. The van der Waals surface area contributed by atoms with E-state index >= 15 is 0 Å². The number of tetrazole rings is 1. The van der Waals surface area contributed by atoms with Crippen LogP contribution in [-0.4, -0.2) is 20.9 Å². The molecule has 0 amide bonds. The highest BCUT2D eigenvalue weighted by atomic mass is 15.7. The fraction of sp³-hybridized carbons (Fsp3) is 0.222. The second kappa shape index (κ2) is 5.56. The Kier molecular flexibility index (Phi) is 3.37. The van der Waals surface area contributed by atoms with E-state index in [0.717, 1.165) is 28.3 Å². The van der Waals surface area contributed by atoms with Crippen LogP contribution in [0.5, 0.6) is 0 Å². The number of amidine groups is 1. The normalized spacial score (nSPS) is 13.2. The van der Waals surface area contributed by atoms with Crippen LogP contribution < -0.4 is 10.00 Å². The third-order valence-electron chi connectivity index (χ3n) is 4.07. The molecule has 120 valence electrons. The number of benzene rings is 2. The van der Waals surface area contributed by atoms with Crippen molar-refractivity contribution in [2.75, 3.05) is 5.32 Å². The van der Waals surface area contributed by atoms with E-state index in [1.807, 2.05) is 41.9 Å². The number of nitrogens with one attached hydrogen (secondary N) is 1. The van der Waals surface area contributed by atoms with Gasteiger partial charge in [0.2, 0.25) is 0 Å². The number of aliphatic imine (C=N–C) groups is 1. The summed E-state index contributed by atoms with van der Waals surface area (Å²) in [6, 6.07) is 14.2. The fourth-order valence-corrected chi connectivity index (χ4v) is 3.06. The molecule has 0 bridgehead atoms. The third-order valence-corrected chi connectivity index (χ3v) is 4.07. The van der Waals surface area contributed by atoms with Crippen molar-refractivity contribution in [3.8, 4) is 11.4 Å². The van der Waals surface area contributed by atoms with Gasteiger partial charge in [0, 0.05) is 17.7 Å². The molecule has 0 atom stereocenters. The summed E-state index contributed by atoms with van der Waals surface area (Å²) in [6.07, 6.45) is 0.